The third-order valence-corrected chi connectivity index (χ3v) is 4.94. The molecular weight excluding hydrogens is 322 g/mol. The van der Waals surface area contributed by atoms with Gasteiger partial charge in [0.1, 0.15) is 0 Å². The number of nitrogens with two attached hydrogens (primary N) is 1. The van der Waals surface area contributed by atoms with E-state index in [1.807, 2.05) is 44.2 Å². The highest BCUT2D eigenvalue weighted by atomic mass is 32.2. The van der Waals surface area contributed by atoms with Gasteiger partial charge >= 0.3 is 0 Å². The number of primary sulfonamides is 1. The second-order valence-corrected chi connectivity index (χ2v) is 7.37. The lowest BCUT2D eigenvalue weighted by Crippen LogP contribution is -2.13. The largest absolute Gasteiger partial charge is 0.378 e. The van der Waals surface area contributed by atoms with Crippen molar-refractivity contribution in [1.29, 1.82) is 0 Å². The molecule has 24 heavy (non-hydrogen) atoms. The number of aryl methyl sites for hydroxylation is 1. The Bertz CT molecular complexity index is 1000. The standard InChI is InChI=1S/C18H19N3O2S/c1-12-5-3-8-16-17(9-10-20-18(12)16)21-13(2)14-6-4-7-15(11-14)24(19,22)23/h3-11,13H,1-2H3,(H,20,21)(H2,19,22,23)/t13-/m1/s1. The highest BCUT2D eigenvalue weighted by Gasteiger charge is 2.13. The molecule has 0 aliphatic rings. The maximum atomic E-state index is 11.5. The molecule has 2 aromatic carbocycles. The van der Waals surface area contributed by atoms with Crippen molar-refractivity contribution in [1.82, 2.24) is 4.98 Å². The zero-order valence-corrected chi connectivity index (χ0v) is 14.3. The summed E-state index contributed by atoms with van der Waals surface area (Å²) in [7, 11) is -3.71. The molecule has 0 radical (unpaired) electrons. The van der Waals surface area contributed by atoms with E-state index >= 15 is 0 Å². The van der Waals surface area contributed by atoms with Crippen molar-refractivity contribution in [3.8, 4) is 0 Å². The number of nitrogens with one attached hydrogen (secondary N) is 1. The number of anilines is 1. The predicted molar refractivity (Wildman–Crippen MR) is 96.3 cm³/mol. The fraction of sp³-hybridized carbons (Fsp3) is 0.167. The van der Waals surface area contributed by atoms with Gasteiger partial charge in [-0.3, -0.25) is 4.98 Å². The molecule has 1 heterocycles. The molecular formula is C18H19N3O2S. The molecule has 0 amide bonds. The molecule has 6 heteroatoms. The van der Waals surface area contributed by atoms with Crippen molar-refractivity contribution in [3.05, 3.63) is 65.9 Å². The molecule has 0 spiro atoms. The van der Waals surface area contributed by atoms with Gasteiger partial charge in [-0.1, -0.05) is 30.3 Å². The topological polar surface area (TPSA) is 85.1 Å². The molecule has 0 fully saturated rings. The minimum atomic E-state index is -3.71. The van der Waals surface area contributed by atoms with Gasteiger partial charge in [-0.25, -0.2) is 13.6 Å². The Kier molecular flexibility index (Phi) is 4.26. The van der Waals surface area contributed by atoms with E-state index in [0.717, 1.165) is 27.7 Å². The third-order valence-electron chi connectivity index (χ3n) is 4.03. The number of hydrogen-bond acceptors (Lipinski definition) is 4. The van der Waals surface area contributed by atoms with E-state index in [4.69, 9.17) is 5.14 Å². The Hall–Kier alpha value is -2.44. The minimum Gasteiger partial charge on any atom is -0.378 e. The third kappa shape index (κ3) is 3.25. The van der Waals surface area contributed by atoms with Crippen LogP contribution in [0.4, 0.5) is 5.69 Å². The molecule has 3 aromatic rings. The summed E-state index contributed by atoms with van der Waals surface area (Å²) >= 11 is 0. The lowest BCUT2D eigenvalue weighted by Gasteiger charge is -2.18. The Morgan fingerprint density at radius 3 is 2.62 bits per heavy atom. The number of hydrogen-bond donors (Lipinski definition) is 2. The number of benzene rings is 2. The van der Waals surface area contributed by atoms with Gasteiger partial charge in [-0.05, 0) is 43.2 Å². The number of para-hydroxylation sites is 1. The van der Waals surface area contributed by atoms with Crippen LogP contribution in [0, 0.1) is 6.92 Å². The van der Waals surface area contributed by atoms with Gasteiger partial charge in [0.2, 0.25) is 10.0 Å². The first-order chi connectivity index (χ1) is 11.4. The Morgan fingerprint density at radius 1 is 1.12 bits per heavy atom. The van der Waals surface area contributed by atoms with Crippen molar-refractivity contribution in [2.45, 2.75) is 24.8 Å². The number of fused-ring (bicyclic) bond motifs is 1. The van der Waals surface area contributed by atoms with Gasteiger partial charge in [0.25, 0.3) is 0 Å². The van der Waals surface area contributed by atoms with Crippen LogP contribution in [0.1, 0.15) is 24.1 Å². The van der Waals surface area contributed by atoms with Crippen LogP contribution in [0.5, 0.6) is 0 Å². The normalized spacial score (nSPS) is 13.0. The molecule has 0 bridgehead atoms. The van der Waals surface area contributed by atoms with Crippen molar-refractivity contribution >= 4 is 26.6 Å². The van der Waals surface area contributed by atoms with Crippen LogP contribution in [0.3, 0.4) is 0 Å². The lowest BCUT2D eigenvalue weighted by atomic mass is 10.1. The Labute approximate surface area is 141 Å². The van der Waals surface area contributed by atoms with E-state index in [1.54, 1.807) is 18.3 Å². The number of rotatable bonds is 4. The zero-order chi connectivity index (χ0) is 17.3. The molecule has 124 valence electrons. The van der Waals surface area contributed by atoms with E-state index in [-0.39, 0.29) is 10.9 Å². The summed E-state index contributed by atoms with van der Waals surface area (Å²) in [6.07, 6.45) is 1.77. The molecule has 0 aliphatic carbocycles. The highest BCUT2D eigenvalue weighted by Crippen LogP contribution is 2.28. The highest BCUT2D eigenvalue weighted by molar-refractivity contribution is 7.89. The van der Waals surface area contributed by atoms with E-state index in [2.05, 4.69) is 10.3 Å². The molecule has 1 atom stereocenters. The second kappa shape index (κ2) is 6.22. The summed E-state index contributed by atoms with van der Waals surface area (Å²) in [6.45, 7) is 4.00. The maximum Gasteiger partial charge on any atom is 0.238 e. The van der Waals surface area contributed by atoms with Crippen LogP contribution in [-0.2, 0) is 10.0 Å². The van der Waals surface area contributed by atoms with Crippen LogP contribution >= 0.6 is 0 Å². The van der Waals surface area contributed by atoms with Gasteiger partial charge in [0.15, 0.2) is 0 Å². The first-order valence-electron chi connectivity index (χ1n) is 7.60. The number of aromatic nitrogens is 1. The molecule has 3 rings (SSSR count). The molecule has 0 aliphatic heterocycles. The second-order valence-electron chi connectivity index (χ2n) is 5.81. The average Bonchev–Trinajstić information content (AvgIpc) is 2.55. The van der Waals surface area contributed by atoms with Gasteiger partial charge in [0.05, 0.1) is 10.4 Å². The average molecular weight is 341 g/mol. The minimum absolute atomic E-state index is 0.0854. The van der Waals surface area contributed by atoms with Crippen LogP contribution in [0.15, 0.2) is 59.6 Å². The fourth-order valence-electron chi connectivity index (χ4n) is 2.73. The Morgan fingerprint density at radius 2 is 1.88 bits per heavy atom. The van der Waals surface area contributed by atoms with Gasteiger partial charge in [0, 0.05) is 23.3 Å². The first-order valence-corrected chi connectivity index (χ1v) is 9.14. The summed E-state index contributed by atoms with van der Waals surface area (Å²) in [5.41, 5.74) is 3.87. The van der Waals surface area contributed by atoms with E-state index < -0.39 is 10.0 Å². The summed E-state index contributed by atoms with van der Waals surface area (Å²) in [4.78, 5) is 4.55. The van der Waals surface area contributed by atoms with Crippen molar-refractivity contribution in [2.75, 3.05) is 5.32 Å². The molecule has 5 nitrogen and oxygen atoms in total. The van der Waals surface area contributed by atoms with Crippen molar-refractivity contribution in [3.63, 3.8) is 0 Å². The van der Waals surface area contributed by atoms with Crippen LogP contribution in [0.2, 0.25) is 0 Å². The molecule has 1 aromatic heterocycles. The van der Waals surface area contributed by atoms with Crippen LogP contribution in [-0.4, -0.2) is 13.4 Å². The monoisotopic (exact) mass is 341 g/mol. The number of sulfonamides is 1. The predicted octanol–water partition coefficient (Wildman–Crippen LogP) is 3.36. The van der Waals surface area contributed by atoms with Gasteiger partial charge in [-0.15, -0.1) is 0 Å². The molecule has 0 saturated carbocycles. The first kappa shape index (κ1) is 16.4. The van der Waals surface area contributed by atoms with E-state index in [9.17, 15) is 8.42 Å². The maximum absolute atomic E-state index is 11.5. The molecule has 0 saturated heterocycles. The van der Waals surface area contributed by atoms with Gasteiger partial charge in [-0.2, -0.15) is 0 Å². The molecule has 3 N–H and O–H groups in total. The lowest BCUT2D eigenvalue weighted by molar-refractivity contribution is 0.597. The fourth-order valence-corrected chi connectivity index (χ4v) is 3.30. The quantitative estimate of drug-likeness (QED) is 0.762. The Balaban J connectivity index is 1.96. The molecule has 0 unspecified atom stereocenters. The van der Waals surface area contributed by atoms with Gasteiger partial charge < -0.3 is 5.32 Å². The summed E-state index contributed by atoms with van der Waals surface area (Å²) in [6, 6.07) is 14.5. The number of pyridine rings is 1. The smallest absolute Gasteiger partial charge is 0.238 e. The zero-order valence-electron chi connectivity index (χ0n) is 13.5. The SMILES string of the molecule is Cc1cccc2c(N[C@H](C)c3cccc(S(N)(=O)=O)c3)ccnc12. The van der Waals surface area contributed by atoms with E-state index in [1.165, 1.54) is 6.07 Å². The van der Waals surface area contributed by atoms with Crippen molar-refractivity contribution in [2.24, 2.45) is 5.14 Å². The van der Waals surface area contributed by atoms with E-state index in [0.29, 0.717) is 0 Å². The van der Waals surface area contributed by atoms with Crippen LogP contribution < -0.4 is 10.5 Å². The van der Waals surface area contributed by atoms with Crippen molar-refractivity contribution < 1.29 is 8.42 Å². The number of nitrogens with zero attached hydrogens (tertiary/aromatic N) is 1. The van der Waals surface area contributed by atoms with Crippen LogP contribution in [0.25, 0.3) is 10.9 Å². The summed E-state index contributed by atoms with van der Waals surface area (Å²) in [5, 5.41) is 9.68. The summed E-state index contributed by atoms with van der Waals surface area (Å²) in [5.74, 6) is 0. The summed E-state index contributed by atoms with van der Waals surface area (Å²) < 4.78 is 23.1.